The van der Waals surface area contributed by atoms with E-state index in [1.807, 2.05) is 0 Å². The van der Waals surface area contributed by atoms with Crippen molar-refractivity contribution in [2.45, 2.75) is 31.8 Å². The van der Waals surface area contributed by atoms with Crippen molar-refractivity contribution in [3.8, 4) is 28.7 Å². The topological polar surface area (TPSA) is 119 Å². The summed E-state index contributed by atoms with van der Waals surface area (Å²) in [6.45, 7) is 3.58. The van der Waals surface area contributed by atoms with Gasteiger partial charge in [0, 0.05) is 34.9 Å². The molecule has 10 nitrogen and oxygen atoms in total. The number of esters is 1. The molecule has 0 aromatic heterocycles. The first-order valence-electron chi connectivity index (χ1n) is 12.6. The number of ether oxygens (including phenoxy) is 6. The quantitative estimate of drug-likeness (QED) is 0.427. The van der Waals surface area contributed by atoms with E-state index in [2.05, 4.69) is 5.32 Å². The Labute approximate surface area is 234 Å². The second kappa shape index (κ2) is 9.19. The fourth-order valence-corrected chi connectivity index (χ4v) is 6.35. The third-order valence-corrected chi connectivity index (χ3v) is 8.34. The van der Waals surface area contributed by atoms with Crippen molar-refractivity contribution in [2.75, 3.05) is 28.1 Å². The van der Waals surface area contributed by atoms with Crippen LogP contribution in [0.5, 0.6) is 28.7 Å². The minimum Gasteiger partial charge on any atom is -0.496 e. The average molecular weight is 568 g/mol. The molecule has 0 radical (unpaired) electrons. The maximum Gasteiger partial charge on any atom is 0.336 e. The molecule has 40 heavy (non-hydrogen) atoms. The third kappa shape index (κ3) is 3.38. The molecule has 1 N–H and O–H groups in total. The summed E-state index contributed by atoms with van der Waals surface area (Å²) < 4.78 is 33.3. The molecule has 0 bridgehead atoms. The van der Waals surface area contributed by atoms with Crippen molar-refractivity contribution in [3.05, 3.63) is 63.0 Å². The van der Waals surface area contributed by atoms with E-state index in [1.54, 1.807) is 32.0 Å². The summed E-state index contributed by atoms with van der Waals surface area (Å²) in [5.74, 6) is -1.76. The lowest BCUT2D eigenvalue weighted by Gasteiger charge is -2.42. The van der Waals surface area contributed by atoms with Gasteiger partial charge < -0.3 is 33.7 Å². The lowest BCUT2D eigenvalue weighted by atomic mass is 9.65. The first kappa shape index (κ1) is 26.1. The lowest BCUT2D eigenvalue weighted by Crippen LogP contribution is -2.58. The normalized spacial score (nSPS) is 24.4. The van der Waals surface area contributed by atoms with Crippen LogP contribution >= 0.6 is 11.6 Å². The Morgan fingerprint density at radius 2 is 1.77 bits per heavy atom. The van der Waals surface area contributed by atoms with Gasteiger partial charge in [-0.3, -0.25) is 9.59 Å². The van der Waals surface area contributed by atoms with Gasteiger partial charge in [-0.1, -0.05) is 24.6 Å². The van der Waals surface area contributed by atoms with Gasteiger partial charge in [0.1, 0.15) is 22.1 Å². The van der Waals surface area contributed by atoms with E-state index in [4.69, 9.17) is 40.0 Å². The van der Waals surface area contributed by atoms with Crippen molar-refractivity contribution in [2.24, 2.45) is 5.92 Å². The summed E-state index contributed by atoms with van der Waals surface area (Å²) in [5.41, 5.74) is 0.328. The molecule has 0 fully saturated rings. The van der Waals surface area contributed by atoms with Crippen LogP contribution in [0.2, 0.25) is 5.02 Å². The molecular weight excluding hydrogens is 542 g/mol. The fraction of sp³-hybridized carbons (Fsp3) is 0.345. The molecule has 6 rings (SSSR count). The van der Waals surface area contributed by atoms with Crippen molar-refractivity contribution < 1.29 is 42.8 Å². The standard InChI is InChI=1S/C29H26ClNO9/c1-12-8-15-22(26(32)29(12)27(33)23-18(35-3)10-19(36-4)24(30)25(23)40-29)21(20(13(2)31-15)28(34)37-5)14-6-7-16-17(9-14)39-11-38-16/h6-7,9-10,12,21,31H,8,11H2,1-5H3/t12-,21+,29+/m1/s1. The van der Waals surface area contributed by atoms with Crippen LogP contribution in [0.4, 0.5) is 0 Å². The van der Waals surface area contributed by atoms with Crippen LogP contribution in [0.1, 0.15) is 42.1 Å². The number of carbonyl (C=O) groups excluding carboxylic acids is 3. The van der Waals surface area contributed by atoms with Gasteiger partial charge in [0.2, 0.25) is 24.0 Å². The molecule has 0 amide bonds. The highest BCUT2D eigenvalue weighted by Crippen LogP contribution is 2.56. The second-order valence-corrected chi connectivity index (χ2v) is 10.4. The van der Waals surface area contributed by atoms with E-state index in [0.717, 1.165) is 0 Å². The Bertz CT molecular complexity index is 1580. The summed E-state index contributed by atoms with van der Waals surface area (Å²) in [7, 11) is 4.11. The van der Waals surface area contributed by atoms with E-state index in [-0.39, 0.29) is 52.2 Å². The number of rotatable bonds is 4. The van der Waals surface area contributed by atoms with E-state index >= 15 is 0 Å². The molecule has 11 heteroatoms. The molecule has 1 aliphatic carbocycles. The minimum absolute atomic E-state index is 0.0235. The highest BCUT2D eigenvalue weighted by atomic mass is 35.5. The smallest absolute Gasteiger partial charge is 0.336 e. The number of fused-ring (bicyclic) bond motifs is 2. The maximum absolute atomic E-state index is 14.7. The summed E-state index contributed by atoms with van der Waals surface area (Å²) in [6, 6.07) is 6.70. The monoisotopic (exact) mass is 567 g/mol. The van der Waals surface area contributed by atoms with Crippen molar-refractivity contribution >= 4 is 29.1 Å². The van der Waals surface area contributed by atoms with Gasteiger partial charge in [-0.05, 0) is 31.0 Å². The Morgan fingerprint density at radius 1 is 1.05 bits per heavy atom. The summed E-state index contributed by atoms with van der Waals surface area (Å²) >= 11 is 6.58. The zero-order chi connectivity index (χ0) is 28.5. The van der Waals surface area contributed by atoms with E-state index in [9.17, 15) is 14.4 Å². The molecule has 2 aromatic carbocycles. The highest BCUT2D eigenvalue weighted by molar-refractivity contribution is 6.36. The van der Waals surface area contributed by atoms with Crippen molar-refractivity contribution in [1.29, 1.82) is 0 Å². The number of hydrogen-bond donors (Lipinski definition) is 1. The summed E-state index contributed by atoms with van der Waals surface area (Å²) in [4.78, 5) is 42.1. The number of nitrogens with one attached hydrogen (secondary N) is 1. The van der Waals surface area contributed by atoms with Gasteiger partial charge >= 0.3 is 5.97 Å². The van der Waals surface area contributed by atoms with Crippen LogP contribution < -0.4 is 29.0 Å². The first-order valence-corrected chi connectivity index (χ1v) is 13.0. The number of Topliss-reactive ketones (excluding diaryl/α,β-unsaturated/α-hetero) is 2. The Hall–Kier alpha value is -4.18. The minimum atomic E-state index is -1.94. The number of allylic oxidation sites excluding steroid dienone is 2. The van der Waals surface area contributed by atoms with Crippen LogP contribution in [0.3, 0.4) is 0 Å². The number of methoxy groups -OCH3 is 3. The van der Waals surface area contributed by atoms with Gasteiger partial charge in [-0.2, -0.15) is 0 Å². The lowest BCUT2D eigenvalue weighted by molar-refractivity contribution is -0.136. The molecule has 4 aliphatic rings. The molecular formula is C29H26ClNO9. The number of halogens is 1. The first-order chi connectivity index (χ1) is 19.2. The van der Waals surface area contributed by atoms with Crippen LogP contribution in [0.15, 0.2) is 46.8 Å². The van der Waals surface area contributed by atoms with Crippen LogP contribution in [0, 0.1) is 5.92 Å². The molecule has 0 saturated carbocycles. The number of benzene rings is 2. The van der Waals surface area contributed by atoms with Crippen molar-refractivity contribution in [3.63, 3.8) is 0 Å². The molecule has 1 spiro atoms. The highest BCUT2D eigenvalue weighted by Gasteiger charge is 2.63. The number of ketones is 2. The second-order valence-electron chi connectivity index (χ2n) is 9.99. The molecule has 208 valence electrons. The van der Waals surface area contributed by atoms with Crippen LogP contribution in [-0.2, 0) is 14.3 Å². The Balaban J connectivity index is 1.54. The Kier molecular flexibility index (Phi) is 5.99. The van der Waals surface area contributed by atoms with E-state index in [0.29, 0.717) is 28.5 Å². The number of dihydropyridines is 1. The maximum atomic E-state index is 14.7. The van der Waals surface area contributed by atoms with Crippen molar-refractivity contribution in [1.82, 2.24) is 5.32 Å². The van der Waals surface area contributed by atoms with Gasteiger partial charge in [-0.25, -0.2) is 4.79 Å². The molecule has 3 aliphatic heterocycles. The summed E-state index contributed by atoms with van der Waals surface area (Å²) in [5, 5.41) is 3.29. The molecule has 0 unspecified atom stereocenters. The average Bonchev–Trinajstić information content (AvgIpc) is 3.54. The molecule has 3 heterocycles. The van der Waals surface area contributed by atoms with Gasteiger partial charge in [0.15, 0.2) is 17.2 Å². The zero-order valence-electron chi connectivity index (χ0n) is 22.4. The molecule has 0 saturated heterocycles. The third-order valence-electron chi connectivity index (χ3n) is 7.98. The van der Waals surface area contributed by atoms with Crippen LogP contribution in [-0.4, -0.2) is 51.3 Å². The van der Waals surface area contributed by atoms with Crippen LogP contribution in [0.25, 0.3) is 0 Å². The Morgan fingerprint density at radius 3 is 2.48 bits per heavy atom. The fourth-order valence-electron chi connectivity index (χ4n) is 6.08. The van der Waals surface area contributed by atoms with Gasteiger partial charge in [0.05, 0.1) is 26.9 Å². The number of carbonyl (C=O) groups is 3. The predicted octanol–water partition coefficient (Wildman–Crippen LogP) is 4.10. The molecule has 3 atom stereocenters. The number of hydrogen-bond acceptors (Lipinski definition) is 10. The van der Waals surface area contributed by atoms with E-state index in [1.165, 1.54) is 27.4 Å². The zero-order valence-corrected chi connectivity index (χ0v) is 23.2. The summed E-state index contributed by atoms with van der Waals surface area (Å²) in [6.07, 6.45) is 0.282. The van der Waals surface area contributed by atoms with E-state index < -0.39 is 35.0 Å². The van der Waals surface area contributed by atoms with Gasteiger partial charge in [0.25, 0.3) is 0 Å². The predicted molar refractivity (Wildman–Crippen MR) is 141 cm³/mol. The molecule has 2 aromatic rings. The van der Waals surface area contributed by atoms with Gasteiger partial charge in [-0.15, -0.1) is 0 Å². The SMILES string of the molecule is COC(=O)C1=C(C)NC2=C(C(=O)[C@@]3(Oc4c(Cl)c(OC)cc(OC)c4C3=O)[C@H](C)C2)[C@H]1c1ccc2c(c1)OCO2. The largest absolute Gasteiger partial charge is 0.496 e.